The van der Waals surface area contributed by atoms with Gasteiger partial charge in [0.15, 0.2) is 0 Å². The molecular formula is C9H14. The Kier molecular flexibility index (Phi) is 2.10. The van der Waals surface area contributed by atoms with E-state index in [-0.39, 0.29) is 0 Å². The molecule has 0 aromatic carbocycles. The fraction of sp³-hybridized carbons (Fsp3) is 0.556. The summed E-state index contributed by atoms with van der Waals surface area (Å²) in [6, 6.07) is 0. The second kappa shape index (κ2) is 2.86. The summed E-state index contributed by atoms with van der Waals surface area (Å²) in [4.78, 5) is 0. The van der Waals surface area contributed by atoms with Crippen molar-refractivity contribution in [2.45, 2.75) is 20.3 Å². The Morgan fingerprint density at radius 3 is 1.89 bits per heavy atom. The van der Waals surface area contributed by atoms with E-state index in [1.54, 1.807) is 0 Å². The normalized spacial score (nSPS) is 34.4. The van der Waals surface area contributed by atoms with Gasteiger partial charge in [0.05, 0.1) is 0 Å². The van der Waals surface area contributed by atoms with E-state index in [0.29, 0.717) is 0 Å². The second-order valence-electron chi connectivity index (χ2n) is 2.96. The van der Waals surface area contributed by atoms with Crippen LogP contribution in [0.5, 0.6) is 0 Å². The van der Waals surface area contributed by atoms with Gasteiger partial charge < -0.3 is 0 Å². The summed E-state index contributed by atoms with van der Waals surface area (Å²) in [5, 5.41) is 0. The number of allylic oxidation sites excluding steroid dienone is 4. The van der Waals surface area contributed by atoms with Gasteiger partial charge in [-0.05, 0) is 18.3 Å². The Balaban J connectivity index is 2.54. The lowest BCUT2D eigenvalue weighted by Gasteiger charge is -2.06. The first-order valence-electron chi connectivity index (χ1n) is 3.64. The zero-order valence-electron chi connectivity index (χ0n) is 6.17. The molecule has 0 aromatic rings. The van der Waals surface area contributed by atoms with Crippen molar-refractivity contribution in [2.75, 3.05) is 0 Å². The standard InChI is InChI=1S/C9H14/c1-8-5-3-4-6-9(2)7-8/h3-6,8-9H,7H2,1-2H3/t8-,9+. The van der Waals surface area contributed by atoms with E-state index >= 15 is 0 Å². The first-order valence-corrected chi connectivity index (χ1v) is 3.64. The summed E-state index contributed by atoms with van der Waals surface area (Å²) in [5.41, 5.74) is 0. The zero-order chi connectivity index (χ0) is 6.69. The van der Waals surface area contributed by atoms with E-state index in [1.165, 1.54) is 6.42 Å². The third kappa shape index (κ3) is 2.05. The molecule has 1 aliphatic carbocycles. The highest BCUT2D eigenvalue weighted by atomic mass is 14.1. The molecule has 0 fully saturated rings. The summed E-state index contributed by atoms with van der Waals surface area (Å²) >= 11 is 0. The Morgan fingerprint density at radius 1 is 1.00 bits per heavy atom. The van der Waals surface area contributed by atoms with E-state index in [1.807, 2.05) is 0 Å². The summed E-state index contributed by atoms with van der Waals surface area (Å²) in [6.45, 7) is 4.53. The number of rotatable bonds is 0. The highest BCUT2D eigenvalue weighted by molar-refractivity contribution is 5.08. The molecule has 0 nitrogen and oxygen atoms in total. The monoisotopic (exact) mass is 122 g/mol. The van der Waals surface area contributed by atoms with Gasteiger partial charge >= 0.3 is 0 Å². The minimum absolute atomic E-state index is 0.759. The Hall–Kier alpha value is -0.520. The minimum atomic E-state index is 0.759. The van der Waals surface area contributed by atoms with Crippen LogP contribution < -0.4 is 0 Å². The quantitative estimate of drug-likeness (QED) is 0.463. The lowest BCUT2D eigenvalue weighted by Crippen LogP contribution is -1.95. The highest BCUT2D eigenvalue weighted by Crippen LogP contribution is 2.16. The first-order chi connectivity index (χ1) is 4.29. The zero-order valence-corrected chi connectivity index (χ0v) is 6.17. The largest absolute Gasteiger partial charge is 0.0817 e. The second-order valence-corrected chi connectivity index (χ2v) is 2.96. The van der Waals surface area contributed by atoms with E-state index in [0.717, 1.165) is 11.8 Å². The van der Waals surface area contributed by atoms with Gasteiger partial charge in [-0.1, -0.05) is 38.2 Å². The molecule has 0 spiro atoms. The van der Waals surface area contributed by atoms with E-state index in [4.69, 9.17) is 0 Å². The van der Waals surface area contributed by atoms with Crippen LogP contribution in [0.2, 0.25) is 0 Å². The highest BCUT2D eigenvalue weighted by Gasteiger charge is 2.03. The molecular weight excluding hydrogens is 108 g/mol. The number of hydrogen-bond acceptors (Lipinski definition) is 0. The Bertz CT molecular complexity index is 115. The molecule has 0 heteroatoms. The topological polar surface area (TPSA) is 0 Å². The summed E-state index contributed by atoms with van der Waals surface area (Å²) in [6.07, 6.45) is 10.1. The molecule has 0 radical (unpaired) electrons. The van der Waals surface area contributed by atoms with Crippen LogP contribution in [0.4, 0.5) is 0 Å². The fourth-order valence-corrected chi connectivity index (χ4v) is 1.25. The molecule has 0 unspecified atom stereocenters. The van der Waals surface area contributed by atoms with Gasteiger partial charge in [-0.25, -0.2) is 0 Å². The molecule has 0 aliphatic heterocycles. The van der Waals surface area contributed by atoms with Gasteiger partial charge in [-0.15, -0.1) is 0 Å². The van der Waals surface area contributed by atoms with Crippen LogP contribution in [0.3, 0.4) is 0 Å². The van der Waals surface area contributed by atoms with Crippen LogP contribution in [-0.2, 0) is 0 Å². The maximum absolute atomic E-state index is 2.26. The van der Waals surface area contributed by atoms with Crippen LogP contribution in [-0.4, -0.2) is 0 Å². The predicted octanol–water partition coefficient (Wildman–Crippen LogP) is 2.77. The maximum atomic E-state index is 2.26. The van der Waals surface area contributed by atoms with Gasteiger partial charge in [-0.2, -0.15) is 0 Å². The van der Waals surface area contributed by atoms with Gasteiger partial charge in [-0.3, -0.25) is 0 Å². The predicted molar refractivity (Wildman–Crippen MR) is 41.2 cm³/mol. The summed E-state index contributed by atoms with van der Waals surface area (Å²) in [7, 11) is 0. The molecule has 0 bridgehead atoms. The van der Waals surface area contributed by atoms with Crippen LogP contribution in [0.15, 0.2) is 24.3 Å². The Labute approximate surface area is 57.3 Å². The van der Waals surface area contributed by atoms with Crippen molar-refractivity contribution in [1.82, 2.24) is 0 Å². The van der Waals surface area contributed by atoms with Crippen molar-refractivity contribution in [3.8, 4) is 0 Å². The summed E-state index contributed by atoms with van der Waals surface area (Å²) < 4.78 is 0. The summed E-state index contributed by atoms with van der Waals surface area (Å²) in [5.74, 6) is 1.52. The van der Waals surface area contributed by atoms with E-state index < -0.39 is 0 Å². The molecule has 0 saturated heterocycles. The smallest absolute Gasteiger partial charge is 0.0253 e. The van der Waals surface area contributed by atoms with Crippen molar-refractivity contribution in [2.24, 2.45) is 11.8 Å². The van der Waals surface area contributed by atoms with Gasteiger partial charge in [0, 0.05) is 0 Å². The average Bonchev–Trinajstić information content (AvgIpc) is 1.93. The molecule has 1 rings (SSSR count). The van der Waals surface area contributed by atoms with E-state index in [2.05, 4.69) is 38.2 Å². The third-order valence-corrected chi connectivity index (χ3v) is 1.73. The molecule has 50 valence electrons. The molecule has 0 heterocycles. The molecule has 9 heavy (non-hydrogen) atoms. The molecule has 0 amide bonds. The first kappa shape index (κ1) is 6.60. The van der Waals surface area contributed by atoms with Gasteiger partial charge in [0.25, 0.3) is 0 Å². The molecule has 2 atom stereocenters. The van der Waals surface area contributed by atoms with Crippen LogP contribution >= 0.6 is 0 Å². The van der Waals surface area contributed by atoms with Gasteiger partial charge in [0.1, 0.15) is 0 Å². The lowest BCUT2D eigenvalue weighted by atomic mass is 9.99. The van der Waals surface area contributed by atoms with Crippen LogP contribution in [0, 0.1) is 11.8 Å². The average molecular weight is 122 g/mol. The molecule has 1 aliphatic rings. The maximum Gasteiger partial charge on any atom is -0.0253 e. The fourth-order valence-electron chi connectivity index (χ4n) is 1.25. The number of hydrogen-bond donors (Lipinski definition) is 0. The van der Waals surface area contributed by atoms with Crippen LogP contribution in [0.1, 0.15) is 20.3 Å². The molecule has 0 saturated carbocycles. The van der Waals surface area contributed by atoms with Crippen molar-refractivity contribution in [3.63, 3.8) is 0 Å². The minimum Gasteiger partial charge on any atom is -0.0817 e. The molecule has 0 N–H and O–H groups in total. The van der Waals surface area contributed by atoms with Crippen molar-refractivity contribution >= 4 is 0 Å². The Morgan fingerprint density at radius 2 is 1.44 bits per heavy atom. The SMILES string of the molecule is C[C@@H]1C=CC=C[C@H](C)C1. The van der Waals surface area contributed by atoms with Crippen molar-refractivity contribution in [3.05, 3.63) is 24.3 Å². The van der Waals surface area contributed by atoms with Crippen molar-refractivity contribution in [1.29, 1.82) is 0 Å². The third-order valence-electron chi connectivity index (χ3n) is 1.73. The van der Waals surface area contributed by atoms with E-state index in [9.17, 15) is 0 Å². The van der Waals surface area contributed by atoms with Crippen molar-refractivity contribution < 1.29 is 0 Å². The molecule has 0 aromatic heterocycles. The lowest BCUT2D eigenvalue weighted by molar-refractivity contribution is 0.548. The van der Waals surface area contributed by atoms with Crippen LogP contribution in [0.25, 0.3) is 0 Å². The van der Waals surface area contributed by atoms with Gasteiger partial charge in [0.2, 0.25) is 0 Å².